The molecular formula is C13H21N3O2. The molecule has 5 nitrogen and oxygen atoms in total. The van der Waals surface area contributed by atoms with Crippen LogP contribution in [-0.2, 0) is 6.54 Å². The van der Waals surface area contributed by atoms with E-state index in [4.69, 9.17) is 10.8 Å². The first kappa shape index (κ1) is 13.0. The Kier molecular flexibility index (Phi) is 3.91. The van der Waals surface area contributed by atoms with Crippen molar-refractivity contribution >= 4 is 11.6 Å². The number of aromatic nitrogens is 1. The van der Waals surface area contributed by atoms with Crippen LogP contribution in [0.3, 0.4) is 0 Å². The number of likely N-dealkylation sites (tertiary alicyclic amines) is 1. The zero-order valence-corrected chi connectivity index (χ0v) is 10.8. The maximum absolute atomic E-state index is 12.4. The summed E-state index contributed by atoms with van der Waals surface area (Å²) in [4.78, 5) is 14.2. The van der Waals surface area contributed by atoms with Crippen molar-refractivity contribution in [3.8, 4) is 0 Å². The van der Waals surface area contributed by atoms with Gasteiger partial charge in [0.15, 0.2) is 0 Å². The molecule has 5 heteroatoms. The Balaban J connectivity index is 2.13. The van der Waals surface area contributed by atoms with Gasteiger partial charge in [0, 0.05) is 38.4 Å². The summed E-state index contributed by atoms with van der Waals surface area (Å²) >= 11 is 0. The molecule has 1 fully saturated rings. The number of carbonyl (C=O) groups is 1. The van der Waals surface area contributed by atoms with Crippen molar-refractivity contribution in [3.05, 3.63) is 18.0 Å². The Morgan fingerprint density at radius 3 is 3.00 bits per heavy atom. The van der Waals surface area contributed by atoms with Gasteiger partial charge in [0.05, 0.1) is 5.69 Å². The first-order valence-corrected chi connectivity index (χ1v) is 6.51. The Morgan fingerprint density at radius 2 is 2.39 bits per heavy atom. The van der Waals surface area contributed by atoms with E-state index in [0.29, 0.717) is 17.9 Å². The number of aliphatic hydroxyl groups excluding tert-OH is 1. The lowest BCUT2D eigenvalue weighted by atomic mass is 10.1. The SMILES string of the molecule is CCCn1cc(N)cc1C(=O)N1CCC(CO)C1. The van der Waals surface area contributed by atoms with E-state index in [1.165, 1.54) is 0 Å². The average Bonchev–Trinajstić information content (AvgIpc) is 2.95. The van der Waals surface area contributed by atoms with Gasteiger partial charge in [-0.15, -0.1) is 0 Å². The van der Waals surface area contributed by atoms with E-state index < -0.39 is 0 Å². The Morgan fingerprint density at radius 1 is 1.61 bits per heavy atom. The molecule has 100 valence electrons. The van der Waals surface area contributed by atoms with Gasteiger partial charge in [-0.3, -0.25) is 4.79 Å². The topological polar surface area (TPSA) is 71.5 Å². The number of aryl methyl sites for hydroxylation is 1. The fourth-order valence-corrected chi connectivity index (χ4v) is 2.47. The number of hydrogen-bond acceptors (Lipinski definition) is 3. The molecule has 1 unspecified atom stereocenters. The van der Waals surface area contributed by atoms with Gasteiger partial charge < -0.3 is 20.3 Å². The predicted molar refractivity (Wildman–Crippen MR) is 70.2 cm³/mol. The molecule has 1 amide bonds. The number of nitrogen functional groups attached to an aromatic ring is 1. The number of nitrogens with zero attached hydrogens (tertiary/aromatic N) is 2. The van der Waals surface area contributed by atoms with Crippen LogP contribution in [0, 0.1) is 5.92 Å². The van der Waals surface area contributed by atoms with Gasteiger partial charge in [0.2, 0.25) is 0 Å². The normalized spacial score (nSPS) is 19.4. The van der Waals surface area contributed by atoms with Gasteiger partial charge in [-0.05, 0) is 18.9 Å². The van der Waals surface area contributed by atoms with Crippen LogP contribution in [0.15, 0.2) is 12.3 Å². The quantitative estimate of drug-likeness (QED) is 0.836. The highest BCUT2D eigenvalue weighted by Crippen LogP contribution is 2.20. The second-order valence-corrected chi connectivity index (χ2v) is 4.94. The van der Waals surface area contributed by atoms with E-state index in [0.717, 1.165) is 25.9 Å². The third-order valence-corrected chi connectivity index (χ3v) is 3.43. The third-order valence-electron chi connectivity index (χ3n) is 3.43. The summed E-state index contributed by atoms with van der Waals surface area (Å²) in [5.74, 6) is 0.247. The Labute approximate surface area is 107 Å². The highest BCUT2D eigenvalue weighted by Gasteiger charge is 2.28. The zero-order valence-electron chi connectivity index (χ0n) is 10.8. The molecule has 0 spiro atoms. The number of rotatable bonds is 4. The highest BCUT2D eigenvalue weighted by molar-refractivity contribution is 5.94. The highest BCUT2D eigenvalue weighted by atomic mass is 16.3. The van der Waals surface area contributed by atoms with Gasteiger partial charge >= 0.3 is 0 Å². The van der Waals surface area contributed by atoms with Crippen molar-refractivity contribution in [1.29, 1.82) is 0 Å². The van der Waals surface area contributed by atoms with E-state index in [2.05, 4.69) is 6.92 Å². The molecule has 1 aromatic rings. The van der Waals surface area contributed by atoms with Crippen LogP contribution in [0.25, 0.3) is 0 Å². The average molecular weight is 251 g/mol. The minimum absolute atomic E-state index is 0.0242. The van der Waals surface area contributed by atoms with E-state index in [1.807, 2.05) is 15.7 Å². The summed E-state index contributed by atoms with van der Waals surface area (Å²) in [6, 6.07) is 1.74. The second-order valence-electron chi connectivity index (χ2n) is 4.94. The molecular weight excluding hydrogens is 230 g/mol. The Bertz CT molecular complexity index is 428. The number of amides is 1. The molecule has 1 aliphatic rings. The largest absolute Gasteiger partial charge is 0.397 e. The molecule has 1 saturated heterocycles. The standard InChI is InChI=1S/C13H21N3O2/c1-2-4-15-8-11(14)6-12(15)13(18)16-5-3-10(7-16)9-17/h6,8,10,17H,2-5,7,9,14H2,1H3. The summed E-state index contributed by atoms with van der Waals surface area (Å²) < 4.78 is 1.92. The molecule has 2 heterocycles. The van der Waals surface area contributed by atoms with Crippen LogP contribution in [0.2, 0.25) is 0 Å². The van der Waals surface area contributed by atoms with Crippen molar-refractivity contribution < 1.29 is 9.90 Å². The maximum atomic E-state index is 12.4. The van der Waals surface area contributed by atoms with Crippen LogP contribution >= 0.6 is 0 Å². The van der Waals surface area contributed by atoms with Crippen LogP contribution in [-0.4, -0.2) is 40.2 Å². The summed E-state index contributed by atoms with van der Waals surface area (Å²) in [7, 11) is 0. The zero-order chi connectivity index (χ0) is 13.1. The van der Waals surface area contributed by atoms with Gasteiger partial charge in [-0.25, -0.2) is 0 Å². The van der Waals surface area contributed by atoms with Crippen molar-refractivity contribution in [3.63, 3.8) is 0 Å². The minimum atomic E-state index is 0.0242. The first-order valence-electron chi connectivity index (χ1n) is 6.51. The lowest BCUT2D eigenvalue weighted by Crippen LogP contribution is -2.30. The second kappa shape index (κ2) is 5.44. The van der Waals surface area contributed by atoms with Gasteiger partial charge in [0.25, 0.3) is 5.91 Å². The van der Waals surface area contributed by atoms with Crippen LogP contribution in [0.4, 0.5) is 5.69 Å². The molecule has 0 aliphatic carbocycles. The summed E-state index contributed by atoms with van der Waals surface area (Å²) in [5, 5.41) is 9.12. The van der Waals surface area contributed by atoms with Crippen molar-refractivity contribution in [1.82, 2.24) is 9.47 Å². The molecule has 0 bridgehead atoms. The first-order chi connectivity index (χ1) is 8.65. The maximum Gasteiger partial charge on any atom is 0.270 e. The number of aliphatic hydroxyl groups is 1. The molecule has 0 radical (unpaired) electrons. The molecule has 3 N–H and O–H groups in total. The van der Waals surface area contributed by atoms with Crippen LogP contribution < -0.4 is 5.73 Å². The summed E-state index contributed by atoms with van der Waals surface area (Å²) in [6.45, 7) is 4.40. The molecule has 1 atom stereocenters. The summed E-state index contributed by atoms with van der Waals surface area (Å²) in [5.41, 5.74) is 7.06. The monoisotopic (exact) mass is 251 g/mol. The van der Waals surface area contributed by atoms with Gasteiger partial charge in [-0.2, -0.15) is 0 Å². The lowest BCUT2D eigenvalue weighted by molar-refractivity contribution is 0.0771. The fraction of sp³-hybridized carbons (Fsp3) is 0.615. The third kappa shape index (κ3) is 2.51. The number of hydrogen-bond donors (Lipinski definition) is 2. The number of nitrogens with two attached hydrogens (primary N) is 1. The van der Waals surface area contributed by atoms with E-state index >= 15 is 0 Å². The molecule has 0 aromatic carbocycles. The minimum Gasteiger partial charge on any atom is -0.397 e. The van der Waals surface area contributed by atoms with Crippen molar-refractivity contribution in [2.45, 2.75) is 26.3 Å². The van der Waals surface area contributed by atoms with E-state index in [9.17, 15) is 4.79 Å². The summed E-state index contributed by atoms with van der Waals surface area (Å²) in [6.07, 6.45) is 3.66. The number of anilines is 1. The van der Waals surface area contributed by atoms with Crippen LogP contribution in [0.5, 0.6) is 0 Å². The molecule has 0 saturated carbocycles. The molecule has 1 aliphatic heterocycles. The lowest BCUT2D eigenvalue weighted by Gasteiger charge is -2.17. The van der Waals surface area contributed by atoms with Gasteiger partial charge in [0.1, 0.15) is 5.69 Å². The Hall–Kier alpha value is -1.49. The van der Waals surface area contributed by atoms with Gasteiger partial charge in [-0.1, -0.05) is 6.92 Å². The van der Waals surface area contributed by atoms with Crippen molar-refractivity contribution in [2.75, 3.05) is 25.4 Å². The van der Waals surface area contributed by atoms with Crippen LogP contribution in [0.1, 0.15) is 30.3 Å². The number of carbonyl (C=O) groups excluding carboxylic acids is 1. The van der Waals surface area contributed by atoms with E-state index in [-0.39, 0.29) is 18.4 Å². The molecule has 18 heavy (non-hydrogen) atoms. The smallest absolute Gasteiger partial charge is 0.270 e. The predicted octanol–water partition coefficient (Wildman–Crippen LogP) is 0.935. The molecule has 2 rings (SSSR count). The van der Waals surface area contributed by atoms with E-state index in [1.54, 1.807) is 6.07 Å². The van der Waals surface area contributed by atoms with Crippen molar-refractivity contribution in [2.24, 2.45) is 5.92 Å². The fourth-order valence-electron chi connectivity index (χ4n) is 2.47. The molecule has 1 aromatic heterocycles.